The molecular formula is C12H21BN2O3. The predicted octanol–water partition coefficient (Wildman–Crippen LogP) is 1.65. The van der Waals surface area contributed by atoms with E-state index in [9.17, 15) is 0 Å². The van der Waals surface area contributed by atoms with E-state index in [0.717, 1.165) is 0 Å². The first-order valence-electron chi connectivity index (χ1n) is 5.77. The average Bonchev–Trinajstić information content (AvgIpc) is 2.48. The first-order valence-corrected chi connectivity index (χ1v) is 5.77. The van der Waals surface area contributed by atoms with Crippen LogP contribution in [0.15, 0.2) is 29.1 Å². The molecule has 5 nitrogen and oxygen atoms in total. The lowest BCUT2D eigenvalue weighted by molar-refractivity contribution is 0.00578. The molecule has 1 saturated heterocycles. The van der Waals surface area contributed by atoms with E-state index in [1.54, 1.807) is 0 Å². The van der Waals surface area contributed by atoms with Crippen LogP contribution in [-0.2, 0) is 14.0 Å². The minimum atomic E-state index is -0.581. The first kappa shape index (κ1) is 14.8. The molecule has 0 saturated carbocycles. The molecule has 0 aromatic carbocycles. The zero-order chi connectivity index (χ0) is 14.0. The number of hydrogen-bond acceptors (Lipinski definition) is 5. The highest BCUT2D eigenvalue weighted by molar-refractivity contribution is 6.54. The van der Waals surface area contributed by atoms with Gasteiger partial charge in [0.25, 0.3) is 0 Å². The standard InChI is InChI=1S/C12H21BN2O3/c1-9(16-6)7-15-8-10(14)13-17-11(2,3)12(4,5)18-13/h7-8H,1,14H2,2-6H3/b10-8-,15-7-. The fourth-order valence-corrected chi connectivity index (χ4v) is 1.30. The van der Waals surface area contributed by atoms with Crippen molar-refractivity contribution in [1.29, 1.82) is 0 Å². The Labute approximate surface area is 109 Å². The van der Waals surface area contributed by atoms with Gasteiger partial charge in [-0.25, -0.2) is 0 Å². The van der Waals surface area contributed by atoms with Crippen molar-refractivity contribution in [3.8, 4) is 0 Å². The summed E-state index contributed by atoms with van der Waals surface area (Å²) in [5.41, 5.74) is 5.47. The van der Waals surface area contributed by atoms with E-state index in [2.05, 4.69) is 11.6 Å². The second kappa shape index (κ2) is 5.16. The molecule has 0 radical (unpaired) electrons. The number of nitrogens with zero attached hydrogens (tertiary/aromatic N) is 1. The molecule has 2 N–H and O–H groups in total. The van der Waals surface area contributed by atoms with E-state index in [4.69, 9.17) is 19.8 Å². The zero-order valence-corrected chi connectivity index (χ0v) is 11.7. The molecule has 1 fully saturated rings. The molecule has 0 aliphatic carbocycles. The summed E-state index contributed by atoms with van der Waals surface area (Å²) in [5.74, 6) is 0.452. The zero-order valence-electron chi connectivity index (χ0n) is 11.7. The Kier molecular flexibility index (Phi) is 4.24. The van der Waals surface area contributed by atoms with E-state index < -0.39 is 18.3 Å². The van der Waals surface area contributed by atoms with Crippen molar-refractivity contribution in [3.05, 3.63) is 24.1 Å². The topological polar surface area (TPSA) is 66.1 Å². The third kappa shape index (κ3) is 3.14. The molecule has 0 atom stereocenters. The van der Waals surface area contributed by atoms with Crippen LogP contribution in [0.2, 0.25) is 0 Å². The molecule has 0 bridgehead atoms. The maximum Gasteiger partial charge on any atom is 0.513 e. The lowest BCUT2D eigenvalue weighted by Crippen LogP contribution is -2.41. The summed E-state index contributed by atoms with van der Waals surface area (Å²) in [5, 5.41) is 0. The lowest BCUT2D eigenvalue weighted by atomic mass is 9.86. The van der Waals surface area contributed by atoms with Gasteiger partial charge in [-0.2, -0.15) is 0 Å². The molecule has 0 amide bonds. The second-order valence-electron chi connectivity index (χ2n) is 5.17. The van der Waals surface area contributed by atoms with Crippen LogP contribution >= 0.6 is 0 Å². The predicted molar refractivity (Wildman–Crippen MR) is 73.0 cm³/mol. The summed E-state index contributed by atoms with van der Waals surface area (Å²) in [4.78, 5) is 3.99. The minimum Gasteiger partial charge on any atom is -0.496 e. The van der Waals surface area contributed by atoms with E-state index in [0.29, 0.717) is 11.4 Å². The van der Waals surface area contributed by atoms with E-state index >= 15 is 0 Å². The van der Waals surface area contributed by atoms with Crippen LogP contribution in [0.25, 0.3) is 0 Å². The van der Waals surface area contributed by atoms with Gasteiger partial charge in [0.1, 0.15) is 5.76 Å². The molecule has 100 valence electrons. The molecule has 1 aliphatic rings. The molecule has 0 aromatic rings. The number of nitrogens with two attached hydrogens (primary N) is 1. The van der Waals surface area contributed by atoms with Gasteiger partial charge in [-0.05, 0) is 27.7 Å². The molecule has 1 rings (SSSR count). The van der Waals surface area contributed by atoms with Crippen molar-refractivity contribution < 1.29 is 14.0 Å². The number of methoxy groups -OCH3 is 1. The summed E-state index contributed by atoms with van der Waals surface area (Å²) >= 11 is 0. The smallest absolute Gasteiger partial charge is 0.496 e. The average molecular weight is 252 g/mol. The SMILES string of the molecule is C=C(/C=N\C=C(/N)B1OC(C)(C)C(C)(C)O1)OC. The number of hydrogen-bond donors (Lipinski definition) is 1. The van der Waals surface area contributed by atoms with Gasteiger partial charge in [0, 0.05) is 6.20 Å². The Morgan fingerprint density at radius 1 is 1.28 bits per heavy atom. The van der Waals surface area contributed by atoms with Crippen LogP contribution in [0, 0.1) is 0 Å². The van der Waals surface area contributed by atoms with E-state index in [-0.39, 0.29) is 0 Å². The summed E-state index contributed by atoms with van der Waals surface area (Å²) in [6, 6.07) is 0. The number of aliphatic imine (C=N–C) groups is 1. The normalized spacial score (nSPS) is 22.5. The molecular weight excluding hydrogens is 231 g/mol. The van der Waals surface area contributed by atoms with Crippen molar-refractivity contribution in [1.82, 2.24) is 0 Å². The van der Waals surface area contributed by atoms with Crippen LogP contribution in [0.5, 0.6) is 0 Å². The summed E-state index contributed by atoms with van der Waals surface area (Å²) in [6.07, 6.45) is 2.95. The maximum atomic E-state index is 5.88. The third-order valence-corrected chi connectivity index (χ3v) is 3.23. The summed E-state index contributed by atoms with van der Waals surface area (Å²) in [7, 11) is 0.943. The highest BCUT2D eigenvalue weighted by atomic mass is 16.7. The van der Waals surface area contributed by atoms with Gasteiger partial charge >= 0.3 is 7.12 Å². The van der Waals surface area contributed by atoms with Crippen LogP contribution in [0.3, 0.4) is 0 Å². The van der Waals surface area contributed by atoms with Crippen LogP contribution < -0.4 is 5.73 Å². The monoisotopic (exact) mass is 252 g/mol. The lowest BCUT2D eigenvalue weighted by Gasteiger charge is -2.32. The Morgan fingerprint density at radius 2 is 1.78 bits per heavy atom. The summed E-state index contributed by atoms with van der Waals surface area (Å²) < 4.78 is 16.4. The van der Waals surface area contributed by atoms with Gasteiger partial charge in [0.15, 0.2) is 0 Å². The van der Waals surface area contributed by atoms with Gasteiger partial charge in [-0.15, -0.1) is 0 Å². The van der Waals surface area contributed by atoms with E-state index in [1.807, 2.05) is 27.7 Å². The van der Waals surface area contributed by atoms with Crippen LogP contribution in [0.1, 0.15) is 27.7 Å². The maximum absolute atomic E-state index is 5.88. The number of ether oxygens (including phenoxy) is 1. The van der Waals surface area contributed by atoms with Gasteiger partial charge < -0.3 is 19.8 Å². The van der Waals surface area contributed by atoms with Crippen molar-refractivity contribution in [3.63, 3.8) is 0 Å². The largest absolute Gasteiger partial charge is 0.513 e. The van der Waals surface area contributed by atoms with Crippen molar-refractivity contribution in [2.24, 2.45) is 10.7 Å². The van der Waals surface area contributed by atoms with Gasteiger partial charge in [0.2, 0.25) is 0 Å². The number of allylic oxidation sites excluding steroid dienone is 1. The molecule has 18 heavy (non-hydrogen) atoms. The van der Waals surface area contributed by atoms with Gasteiger partial charge in [-0.3, -0.25) is 4.99 Å². The Bertz CT molecular complexity index is 373. The fourth-order valence-electron chi connectivity index (χ4n) is 1.30. The van der Waals surface area contributed by atoms with Gasteiger partial charge in [0.05, 0.1) is 30.1 Å². The molecule has 1 aliphatic heterocycles. The molecule has 1 heterocycles. The van der Waals surface area contributed by atoms with Crippen molar-refractivity contribution in [2.45, 2.75) is 38.9 Å². The van der Waals surface area contributed by atoms with Crippen LogP contribution in [0.4, 0.5) is 0 Å². The quantitative estimate of drug-likeness (QED) is 0.469. The fraction of sp³-hybridized carbons (Fsp3) is 0.583. The molecule has 0 unspecified atom stereocenters. The Morgan fingerprint density at radius 3 is 2.22 bits per heavy atom. The number of rotatable bonds is 4. The minimum absolute atomic E-state index is 0.407. The van der Waals surface area contributed by atoms with Crippen molar-refractivity contribution >= 4 is 13.3 Å². The summed E-state index contributed by atoms with van der Waals surface area (Å²) in [6.45, 7) is 11.5. The Hall–Kier alpha value is -1.27. The first-order chi connectivity index (χ1) is 8.19. The highest BCUT2D eigenvalue weighted by Crippen LogP contribution is 2.37. The van der Waals surface area contributed by atoms with Crippen LogP contribution in [-0.4, -0.2) is 31.6 Å². The van der Waals surface area contributed by atoms with Crippen molar-refractivity contribution in [2.75, 3.05) is 7.11 Å². The molecule has 0 aromatic heterocycles. The van der Waals surface area contributed by atoms with Gasteiger partial charge in [-0.1, -0.05) is 6.58 Å². The van der Waals surface area contributed by atoms with E-state index in [1.165, 1.54) is 19.5 Å². The molecule has 6 heteroatoms. The Balaban J connectivity index is 2.70. The molecule has 0 spiro atoms. The second-order valence-corrected chi connectivity index (χ2v) is 5.17. The third-order valence-electron chi connectivity index (χ3n) is 3.23. The highest BCUT2D eigenvalue weighted by Gasteiger charge is 2.52.